The topological polar surface area (TPSA) is 56.9 Å². The van der Waals surface area contributed by atoms with Gasteiger partial charge in [-0.3, -0.25) is 4.98 Å². The molecule has 0 radical (unpaired) electrons. The van der Waals surface area contributed by atoms with Gasteiger partial charge in [0, 0.05) is 0 Å². The molecule has 1 aromatic rings. The molecule has 0 aliphatic carbocycles. The van der Waals surface area contributed by atoms with Crippen LogP contribution in [0.3, 0.4) is 0 Å². The summed E-state index contributed by atoms with van der Waals surface area (Å²) in [5.74, 6) is -0.575. The second-order valence-corrected chi connectivity index (χ2v) is 3.25. The molecule has 0 fully saturated rings. The number of hydrogen-bond acceptors (Lipinski definition) is 3. The van der Waals surface area contributed by atoms with Gasteiger partial charge in [0.15, 0.2) is 0 Å². The zero-order valence-corrected chi connectivity index (χ0v) is 8.42. The van der Waals surface area contributed by atoms with E-state index >= 15 is 0 Å². The minimum Gasteiger partial charge on any atom is -0.506 e. The summed E-state index contributed by atoms with van der Waals surface area (Å²) in [6.45, 7) is 0. The third-order valence-corrected chi connectivity index (χ3v) is 2.46. The summed E-state index contributed by atoms with van der Waals surface area (Å²) in [7, 11) is 0. The Bertz CT molecular complexity index is 390. The molecule has 0 spiro atoms. The van der Waals surface area contributed by atoms with E-state index in [0.717, 1.165) is 6.20 Å². The standard InChI is InChI=1S/C8H5BrF2N2O/c9-7-4(1-2-12)13-3-5(14)6(7)8(10)11/h3,8,14H,1H2. The van der Waals surface area contributed by atoms with E-state index < -0.39 is 17.7 Å². The van der Waals surface area contributed by atoms with Gasteiger partial charge in [-0.2, -0.15) is 5.26 Å². The maximum Gasteiger partial charge on any atom is 0.268 e. The van der Waals surface area contributed by atoms with Gasteiger partial charge in [-0.15, -0.1) is 0 Å². The van der Waals surface area contributed by atoms with Crippen molar-refractivity contribution in [2.24, 2.45) is 0 Å². The molecule has 1 aromatic heterocycles. The Morgan fingerprint density at radius 2 is 2.29 bits per heavy atom. The van der Waals surface area contributed by atoms with Gasteiger partial charge >= 0.3 is 0 Å². The van der Waals surface area contributed by atoms with Crippen LogP contribution in [0.15, 0.2) is 10.7 Å². The quantitative estimate of drug-likeness (QED) is 0.891. The average molecular weight is 263 g/mol. The van der Waals surface area contributed by atoms with Crippen LogP contribution >= 0.6 is 15.9 Å². The molecule has 6 heteroatoms. The second kappa shape index (κ2) is 4.33. The van der Waals surface area contributed by atoms with E-state index in [-0.39, 0.29) is 16.6 Å². The van der Waals surface area contributed by atoms with Crippen molar-refractivity contribution in [3.8, 4) is 11.8 Å². The molecule has 1 heterocycles. The fourth-order valence-electron chi connectivity index (χ4n) is 0.939. The van der Waals surface area contributed by atoms with Gasteiger partial charge in [0.05, 0.1) is 34.4 Å². The summed E-state index contributed by atoms with van der Waals surface area (Å²) in [5.41, 5.74) is -0.328. The van der Waals surface area contributed by atoms with Crippen LogP contribution in [0.2, 0.25) is 0 Å². The van der Waals surface area contributed by atoms with Crippen LogP contribution < -0.4 is 0 Å². The van der Waals surface area contributed by atoms with Crippen molar-refractivity contribution in [1.29, 1.82) is 5.26 Å². The van der Waals surface area contributed by atoms with Gasteiger partial charge < -0.3 is 5.11 Å². The molecule has 0 unspecified atom stereocenters. The third kappa shape index (κ3) is 1.99. The van der Waals surface area contributed by atoms with Gasteiger partial charge in [0.25, 0.3) is 6.43 Å². The first-order chi connectivity index (χ1) is 6.57. The Kier molecular flexibility index (Phi) is 3.36. The number of halogens is 3. The van der Waals surface area contributed by atoms with Crippen molar-refractivity contribution in [1.82, 2.24) is 4.98 Å². The van der Waals surface area contributed by atoms with Crippen LogP contribution in [0.1, 0.15) is 17.7 Å². The fourth-order valence-corrected chi connectivity index (χ4v) is 1.56. The van der Waals surface area contributed by atoms with E-state index in [1.807, 2.05) is 0 Å². The number of alkyl halides is 2. The Morgan fingerprint density at radius 1 is 1.64 bits per heavy atom. The summed E-state index contributed by atoms with van der Waals surface area (Å²) in [4.78, 5) is 3.66. The summed E-state index contributed by atoms with van der Waals surface area (Å²) in [6, 6.07) is 1.79. The highest BCUT2D eigenvalue weighted by Gasteiger charge is 2.20. The summed E-state index contributed by atoms with van der Waals surface area (Å²) >= 11 is 2.88. The minimum absolute atomic E-state index is 0.00551. The molecular formula is C8H5BrF2N2O. The zero-order valence-electron chi connectivity index (χ0n) is 6.84. The number of pyridine rings is 1. The smallest absolute Gasteiger partial charge is 0.268 e. The van der Waals surface area contributed by atoms with E-state index in [0.29, 0.717) is 0 Å². The first-order valence-corrected chi connectivity index (χ1v) is 4.38. The van der Waals surface area contributed by atoms with Crippen LogP contribution in [0.5, 0.6) is 5.75 Å². The molecule has 3 nitrogen and oxygen atoms in total. The Morgan fingerprint density at radius 3 is 2.79 bits per heavy atom. The normalized spacial score (nSPS) is 10.2. The molecule has 0 saturated heterocycles. The molecule has 0 amide bonds. The lowest BCUT2D eigenvalue weighted by Gasteiger charge is -2.07. The molecule has 1 N–H and O–H groups in total. The van der Waals surface area contributed by atoms with E-state index in [9.17, 15) is 8.78 Å². The Balaban J connectivity index is 3.28. The number of aromatic hydroxyl groups is 1. The van der Waals surface area contributed by atoms with E-state index in [1.165, 1.54) is 0 Å². The summed E-state index contributed by atoms with van der Waals surface area (Å²) < 4.78 is 24.8. The predicted molar refractivity (Wildman–Crippen MR) is 47.9 cm³/mol. The summed E-state index contributed by atoms with van der Waals surface area (Å²) in [5, 5.41) is 17.5. The molecule has 0 saturated carbocycles. The lowest BCUT2D eigenvalue weighted by atomic mass is 10.2. The Hall–Kier alpha value is -1.22. The van der Waals surface area contributed by atoms with E-state index in [2.05, 4.69) is 20.9 Å². The number of rotatable bonds is 2. The van der Waals surface area contributed by atoms with Gasteiger partial charge in [-0.25, -0.2) is 8.78 Å². The maximum absolute atomic E-state index is 12.4. The number of nitrogens with zero attached hydrogens (tertiary/aromatic N) is 2. The summed E-state index contributed by atoms with van der Waals surface area (Å²) in [6.07, 6.45) is -1.97. The highest BCUT2D eigenvalue weighted by Crippen LogP contribution is 2.35. The lowest BCUT2D eigenvalue weighted by molar-refractivity contribution is 0.146. The average Bonchev–Trinajstić information content (AvgIpc) is 2.10. The number of nitriles is 1. The molecule has 0 bridgehead atoms. The predicted octanol–water partition coefficient (Wildman–Crippen LogP) is 2.55. The van der Waals surface area contributed by atoms with Crippen molar-refractivity contribution < 1.29 is 13.9 Å². The molecule has 14 heavy (non-hydrogen) atoms. The Labute approximate surface area is 87.1 Å². The third-order valence-electron chi connectivity index (χ3n) is 1.57. The number of aromatic nitrogens is 1. The van der Waals surface area contributed by atoms with Gasteiger partial charge in [0.1, 0.15) is 5.75 Å². The molecular weight excluding hydrogens is 258 g/mol. The second-order valence-electron chi connectivity index (χ2n) is 2.45. The molecule has 0 atom stereocenters. The van der Waals surface area contributed by atoms with E-state index in [1.54, 1.807) is 6.07 Å². The zero-order chi connectivity index (χ0) is 10.7. The first kappa shape index (κ1) is 10.9. The SMILES string of the molecule is N#CCc1ncc(O)c(C(F)F)c1Br. The van der Waals surface area contributed by atoms with Crippen molar-refractivity contribution in [2.45, 2.75) is 12.8 Å². The molecule has 1 rings (SSSR count). The van der Waals surface area contributed by atoms with Crippen molar-refractivity contribution in [3.63, 3.8) is 0 Å². The van der Waals surface area contributed by atoms with Crippen LogP contribution in [0, 0.1) is 11.3 Å². The molecule has 0 aromatic carbocycles. The van der Waals surface area contributed by atoms with Gasteiger partial charge in [0.2, 0.25) is 0 Å². The van der Waals surface area contributed by atoms with Crippen LogP contribution in [-0.2, 0) is 6.42 Å². The van der Waals surface area contributed by atoms with Crippen molar-refractivity contribution >= 4 is 15.9 Å². The molecule has 74 valence electrons. The first-order valence-electron chi connectivity index (χ1n) is 3.59. The van der Waals surface area contributed by atoms with Gasteiger partial charge in [-0.05, 0) is 15.9 Å². The van der Waals surface area contributed by atoms with Crippen molar-refractivity contribution in [2.75, 3.05) is 0 Å². The monoisotopic (exact) mass is 262 g/mol. The van der Waals surface area contributed by atoms with Crippen LogP contribution in [0.4, 0.5) is 8.78 Å². The van der Waals surface area contributed by atoms with E-state index in [4.69, 9.17) is 10.4 Å². The number of hydrogen-bond donors (Lipinski definition) is 1. The fraction of sp³-hybridized carbons (Fsp3) is 0.250. The largest absolute Gasteiger partial charge is 0.506 e. The highest BCUT2D eigenvalue weighted by molar-refractivity contribution is 9.10. The van der Waals surface area contributed by atoms with Crippen LogP contribution in [-0.4, -0.2) is 10.1 Å². The van der Waals surface area contributed by atoms with Crippen LogP contribution in [0.25, 0.3) is 0 Å². The maximum atomic E-state index is 12.4. The highest BCUT2D eigenvalue weighted by atomic mass is 79.9. The molecule has 0 aliphatic heterocycles. The minimum atomic E-state index is -2.80. The molecule has 0 aliphatic rings. The lowest BCUT2D eigenvalue weighted by Crippen LogP contribution is -1.96. The van der Waals surface area contributed by atoms with Crippen molar-refractivity contribution in [3.05, 3.63) is 21.9 Å². The van der Waals surface area contributed by atoms with Gasteiger partial charge in [-0.1, -0.05) is 0 Å².